The van der Waals surface area contributed by atoms with Crippen LogP contribution in [-0.4, -0.2) is 31.6 Å². The standard InChI is InChI=1S/C24H23ClN4O4/c1-15(2)12-28-23(31)21-22(29(24(28)32)18-8-10-19(33-3)11-9-18)26-14-27(21)13-20(30)16-4-6-17(25)7-5-16/h4-11,14-15H,12-13H2,1-3H3. The van der Waals surface area contributed by atoms with Crippen molar-refractivity contribution < 1.29 is 9.53 Å². The maximum atomic E-state index is 13.4. The third kappa shape index (κ3) is 4.34. The third-order valence-corrected chi connectivity index (χ3v) is 5.51. The summed E-state index contributed by atoms with van der Waals surface area (Å²) in [7, 11) is 1.56. The van der Waals surface area contributed by atoms with Crippen LogP contribution < -0.4 is 16.0 Å². The fourth-order valence-electron chi connectivity index (χ4n) is 3.67. The first-order chi connectivity index (χ1) is 15.8. The molecule has 0 N–H and O–H groups in total. The van der Waals surface area contributed by atoms with Gasteiger partial charge in [0.2, 0.25) is 0 Å². The van der Waals surface area contributed by atoms with Gasteiger partial charge in [-0.3, -0.25) is 14.2 Å². The number of rotatable bonds is 7. The number of imidazole rings is 1. The largest absolute Gasteiger partial charge is 0.497 e. The van der Waals surface area contributed by atoms with Crippen molar-refractivity contribution >= 4 is 28.5 Å². The number of hydrogen-bond donors (Lipinski definition) is 0. The number of carbonyl (C=O) groups is 1. The van der Waals surface area contributed by atoms with E-state index in [-0.39, 0.29) is 36.0 Å². The van der Waals surface area contributed by atoms with E-state index in [0.29, 0.717) is 22.0 Å². The molecule has 0 aliphatic rings. The normalized spacial score (nSPS) is 11.3. The minimum absolute atomic E-state index is 0.0595. The lowest BCUT2D eigenvalue weighted by molar-refractivity contribution is 0.0973. The molecule has 0 atom stereocenters. The summed E-state index contributed by atoms with van der Waals surface area (Å²) < 4.78 is 9.29. The van der Waals surface area contributed by atoms with E-state index >= 15 is 0 Å². The number of fused-ring (bicyclic) bond motifs is 1. The molecule has 2 aromatic carbocycles. The van der Waals surface area contributed by atoms with Gasteiger partial charge in [0, 0.05) is 17.1 Å². The molecule has 8 nitrogen and oxygen atoms in total. The van der Waals surface area contributed by atoms with E-state index in [1.807, 2.05) is 13.8 Å². The molecular formula is C24H23ClN4O4. The Balaban J connectivity index is 1.90. The van der Waals surface area contributed by atoms with Gasteiger partial charge >= 0.3 is 5.69 Å². The van der Waals surface area contributed by atoms with E-state index in [4.69, 9.17) is 16.3 Å². The van der Waals surface area contributed by atoms with Gasteiger partial charge in [-0.1, -0.05) is 25.4 Å². The topological polar surface area (TPSA) is 88.1 Å². The molecule has 170 valence electrons. The SMILES string of the molecule is COc1ccc(-n2c(=O)n(CC(C)C)c(=O)c3c2ncn3CC(=O)c2ccc(Cl)cc2)cc1. The molecule has 0 radical (unpaired) electrons. The van der Waals surface area contributed by atoms with Crippen LogP contribution in [0.5, 0.6) is 5.75 Å². The molecule has 2 heterocycles. The molecule has 0 fully saturated rings. The zero-order valence-corrected chi connectivity index (χ0v) is 19.2. The average molecular weight is 467 g/mol. The zero-order chi connectivity index (χ0) is 23.7. The molecule has 0 amide bonds. The number of aromatic nitrogens is 4. The highest BCUT2D eigenvalue weighted by Gasteiger charge is 2.21. The molecule has 4 rings (SSSR count). The summed E-state index contributed by atoms with van der Waals surface area (Å²) >= 11 is 5.92. The van der Waals surface area contributed by atoms with Crippen molar-refractivity contribution in [3.63, 3.8) is 0 Å². The van der Waals surface area contributed by atoms with E-state index in [1.54, 1.807) is 55.6 Å². The number of ether oxygens (including phenoxy) is 1. The number of ketones is 1. The van der Waals surface area contributed by atoms with Gasteiger partial charge in [-0.15, -0.1) is 0 Å². The van der Waals surface area contributed by atoms with Gasteiger partial charge in [0.1, 0.15) is 5.75 Å². The highest BCUT2D eigenvalue weighted by molar-refractivity contribution is 6.30. The Morgan fingerprint density at radius 2 is 1.73 bits per heavy atom. The second kappa shape index (κ2) is 9.07. The summed E-state index contributed by atoms with van der Waals surface area (Å²) in [4.78, 5) is 43.9. The number of methoxy groups -OCH3 is 1. The summed E-state index contributed by atoms with van der Waals surface area (Å²) in [6.45, 7) is 3.99. The van der Waals surface area contributed by atoms with Crippen LogP contribution in [0.15, 0.2) is 64.4 Å². The fourth-order valence-corrected chi connectivity index (χ4v) is 3.80. The van der Waals surface area contributed by atoms with Crippen molar-refractivity contribution in [3.05, 3.63) is 86.3 Å². The van der Waals surface area contributed by atoms with Crippen molar-refractivity contribution in [1.82, 2.24) is 18.7 Å². The van der Waals surface area contributed by atoms with E-state index in [9.17, 15) is 14.4 Å². The van der Waals surface area contributed by atoms with Gasteiger partial charge in [0.15, 0.2) is 16.9 Å². The van der Waals surface area contributed by atoms with Gasteiger partial charge in [-0.25, -0.2) is 14.3 Å². The molecule has 33 heavy (non-hydrogen) atoms. The van der Waals surface area contributed by atoms with Crippen LogP contribution in [-0.2, 0) is 13.1 Å². The Morgan fingerprint density at radius 3 is 2.33 bits per heavy atom. The fraction of sp³-hybridized carbons (Fsp3) is 0.250. The Labute approximate surface area is 194 Å². The Hall–Kier alpha value is -3.65. The van der Waals surface area contributed by atoms with E-state index in [2.05, 4.69) is 4.98 Å². The Kier molecular flexibility index (Phi) is 6.20. The van der Waals surface area contributed by atoms with Crippen molar-refractivity contribution in [3.8, 4) is 11.4 Å². The molecule has 0 saturated heterocycles. The van der Waals surface area contributed by atoms with Crippen molar-refractivity contribution in [2.24, 2.45) is 5.92 Å². The molecule has 0 spiro atoms. The quantitative estimate of drug-likeness (QED) is 0.389. The van der Waals surface area contributed by atoms with E-state index < -0.39 is 11.2 Å². The predicted molar refractivity (Wildman–Crippen MR) is 127 cm³/mol. The second-order valence-corrected chi connectivity index (χ2v) is 8.54. The molecular weight excluding hydrogens is 444 g/mol. The summed E-state index contributed by atoms with van der Waals surface area (Å²) in [5.74, 6) is 0.491. The summed E-state index contributed by atoms with van der Waals surface area (Å²) in [6.07, 6.45) is 1.42. The summed E-state index contributed by atoms with van der Waals surface area (Å²) in [5, 5.41) is 0.528. The molecule has 0 aliphatic heterocycles. The zero-order valence-electron chi connectivity index (χ0n) is 18.5. The van der Waals surface area contributed by atoms with Gasteiger partial charge in [-0.2, -0.15) is 0 Å². The predicted octanol–water partition coefficient (Wildman–Crippen LogP) is 3.55. The monoisotopic (exact) mass is 466 g/mol. The third-order valence-electron chi connectivity index (χ3n) is 5.26. The number of halogens is 1. The lowest BCUT2D eigenvalue weighted by Gasteiger charge is -2.14. The number of nitrogens with zero attached hydrogens (tertiary/aromatic N) is 4. The highest BCUT2D eigenvalue weighted by Crippen LogP contribution is 2.18. The lowest BCUT2D eigenvalue weighted by Crippen LogP contribution is -2.41. The van der Waals surface area contributed by atoms with Crippen LogP contribution in [0.1, 0.15) is 24.2 Å². The second-order valence-electron chi connectivity index (χ2n) is 8.10. The van der Waals surface area contributed by atoms with Crippen LogP contribution in [0.3, 0.4) is 0 Å². The number of Topliss-reactive ketones (excluding diaryl/α,β-unsaturated/α-hetero) is 1. The Morgan fingerprint density at radius 1 is 1.06 bits per heavy atom. The molecule has 0 unspecified atom stereocenters. The first kappa shape index (κ1) is 22.5. The lowest BCUT2D eigenvalue weighted by atomic mass is 10.1. The van der Waals surface area contributed by atoms with Crippen LogP contribution >= 0.6 is 11.6 Å². The van der Waals surface area contributed by atoms with Crippen molar-refractivity contribution in [2.45, 2.75) is 26.9 Å². The van der Waals surface area contributed by atoms with Gasteiger partial charge in [-0.05, 0) is 54.4 Å². The Bertz CT molecular complexity index is 1430. The maximum Gasteiger partial charge on any atom is 0.337 e. The van der Waals surface area contributed by atoms with Crippen molar-refractivity contribution in [2.75, 3.05) is 7.11 Å². The van der Waals surface area contributed by atoms with Gasteiger partial charge in [0.25, 0.3) is 5.56 Å². The number of benzene rings is 2. The van der Waals surface area contributed by atoms with Crippen LogP contribution in [0, 0.1) is 5.92 Å². The molecule has 0 aliphatic carbocycles. The average Bonchev–Trinajstić information content (AvgIpc) is 3.20. The first-order valence-electron chi connectivity index (χ1n) is 10.4. The van der Waals surface area contributed by atoms with Crippen LogP contribution in [0.25, 0.3) is 16.9 Å². The van der Waals surface area contributed by atoms with Crippen LogP contribution in [0.4, 0.5) is 0 Å². The maximum absolute atomic E-state index is 13.4. The first-order valence-corrected chi connectivity index (χ1v) is 10.8. The van der Waals surface area contributed by atoms with E-state index in [1.165, 1.54) is 20.0 Å². The minimum Gasteiger partial charge on any atom is -0.497 e. The highest BCUT2D eigenvalue weighted by atomic mass is 35.5. The van der Waals surface area contributed by atoms with Gasteiger partial charge < -0.3 is 9.30 Å². The molecule has 0 bridgehead atoms. The number of hydrogen-bond acceptors (Lipinski definition) is 5. The number of carbonyl (C=O) groups excluding carboxylic acids is 1. The molecule has 4 aromatic rings. The smallest absolute Gasteiger partial charge is 0.337 e. The molecule has 2 aromatic heterocycles. The molecule has 0 saturated carbocycles. The minimum atomic E-state index is -0.486. The summed E-state index contributed by atoms with van der Waals surface area (Å²) in [6, 6.07) is 13.4. The van der Waals surface area contributed by atoms with Crippen molar-refractivity contribution in [1.29, 1.82) is 0 Å². The van der Waals surface area contributed by atoms with Crippen LogP contribution in [0.2, 0.25) is 5.02 Å². The van der Waals surface area contributed by atoms with E-state index in [0.717, 1.165) is 0 Å². The summed E-state index contributed by atoms with van der Waals surface area (Å²) in [5.41, 5.74) is 0.424. The molecule has 9 heteroatoms. The van der Waals surface area contributed by atoms with Gasteiger partial charge in [0.05, 0.1) is 25.7 Å².